The Hall–Kier alpha value is -0.490. The second-order valence-corrected chi connectivity index (χ2v) is 4.30. The average molecular weight is 201 g/mol. The molecular formula is C6H7N3OS2. The van der Waals surface area contributed by atoms with Gasteiger partial charge in [0.2, 0.25) is 5.89 Å². The fraction of sp³-hybridized carbons (Fsp3) is 0.500. The number of nitrogens with one attached hydrogen (secondary N) is 1. The van der Waals surface area contributed by atoms with Crippen LogP contribution in [0.4, 0.5) is 0 Å². The van der Waals surface area contributed by atoms with Crippen molar-refractivity contribution in [2.24, 2.45) is 0 Å². The van der Waals surface area contributed by atoms with Crippen molar-refractivity contribution in [3.05, 3.63) is 5.89 Å². The van der Waals surface area contributed by atoms with Crippen LogP contribution in [0.3, 0.4) is 0 Å². The Kier molecular flexibility index (Phi) is 2.10. The lowest BCUT2D eigenvalue weighted by Gasteiger charge is -1.87. The lowest BCUT2D eigenvalue weighted by atomic mass is 10.4. The van der Waals surface area contributed by atoms with Gasteiger partial charge in [-0.15, -0.1) is 22.8 Å². The van der Waals surface area contributed by atoms with E-state index in [1.54, 1.807) is 0 Å². The Bertz CT molecular complexity index is 307. The standard InChI is InChI=1S/C6H7N3OS2/c7-5(11)12-6-9-8-4(10-6)3-1-2-3/h3H,1-2H2,(H2,7,11). The first-order valence-electron chi connectivity index (χ1n) is 3.54. The van der Waals surface area contributed by atoms with Gasteiger partial charge in [-0.25, -0.2) is 0 Å². The van der Waals surface area contributed by atoms with E-state index in [0.29, 0.717) is 17.0 Å². The van der Waals surface area contributed by atoms with Gasteiger partial charge >= 0.3 is 0 Å². The van der Waals surface area contributed by atoms with Crippen LogP contribution in [-0.2, 0) is 0 Å². The molecule has 1 N–H and O–H groups in total. The normalized spacial score (nSPS) is 16.4. The Labute approximate surface area is 79.1 Å². The predicted molar refractivity (Wildman–Crippen MR) is 48.8 cm³/mol. The van der Waals surface area contributed by atoms with Crippen molar-refractivity contribution in [3.8, 4) is 0 Å². The van der Waals surface area contributed by atoms with E-state index in [4.69, 9.17) is 9.83 Å². The van der Waals surface area contributed by atoms with Gasteiger partial charge in [0.1, 0.15) is 4.38 Å². The van der Waals surface area contributed by atoms with Crippen molar-refractivity contribution in [2.45, 2.75) is 24.0 Å². The Morgan fingerprint density at radius 3 is 2.92 bits per heavy atom. The molecule has 1 aromatic heterocycles. The summed E-state index contributed by atoms with van der Waals surface area (Å²) in [6, 6.07) is 0. The predicted octanol–water partition coefficient (Wildman–Crippen LogP) is 1.90. The number of hydrogen-bond acceptors (Lipinski definition) is 5. The molecular weight excluding hydrogens is 194 g/mol. The van der Waals surface area contributed by atoms with Crippen molar-refractivity contribution < 1.29 is 4.42 Å². The minimum Gasteiger partial charge on any atom is -0.415 e. The summed E-state index contributed by atoms with van der Waals surface area (Å²) >= 11 is 4.88. The molecule has 0 atom stereocenters. The van der Waals surface area contributed by atoms with Gasteiger partial charge in [-0.05, 0) is 24.6 Å². The summed E-state index contributed by atoms with van der Waals surface area (Å²) in [6.45, 7) is 0. The van der Waals surface area contributed by atoms with Crippen molar-refractivity contribution >= 4 is 28.8 Å². The SMILES string of the molecule is N=C(S)Sc1nnc(C2CC2)o1. The molecule has 64 valence electrons. The number of rotatable bonds is 2. The second kappa shape index (κ2) is 3.10. The quantitative estimate of drug-likeness (QED) is 0.332. The van der Waals surface area contributed by atoms with Gasteiger partial charge in [-0.2, -0.15) is 0 Å². The molecule has 1 heterocycles. The van der Waals surface area contributed by atoms with Crippen LogP contribution in [0.25, 0.3) is 0 Å². The topological polar surface area (TPSA) is 62.8 Å². The van der Waals surface area contributed by atoms with Crippen LogP contribution in [0.5, 0.6) is 0 Å². The molecule has 0 amide bonds. The van der Waals surface area contributed by atoms with Crippen LogP contribution >= 0.6 is 24.4 Å². The summed E-state index contributed by atoms with van der Waals surface area (Å²) < 4.78 is 5.44. The zero-order valence-electron chi connectivity index (χ0n) is 6.15. The molecule has 1 fully saturated rings. The zero-order chi connectivity index (χ0) is 8.55. The third kappa shape index (κ3) is 1.81. The Balaban J connectivity index is 2.07. The Morgan fingerprint density at radius 2 is 2.33 bits per heavy atom. The van der Waals surface area contributed by atoms with Crippen LogP contribution in [0.15, 0.2) is 9.64 Å². The van der Waals surface area contributed by atoms with Crippen LogP contribution in [0.1, 0.15) is 24.7 Å². The minimum atomic E-state index is 0.168. The maximum atomic E-state index is 7.06. The summed E-state index contributed by atoms with van der Waals surface area (Å²) in [4.78, 5) is 0. The molecule has 0 bridgehead atoms. The molecule has 1 aliphatic rings. The summed E-state index contributed by atoms with van der Waals surface area (Å²) in [5.74, 6) is 1.17. The van der Waals surface area contributed by atoms with E-state index in [1.165, 1.54) is 0 Å². The molecule has 0 radical (unpaired) electrons. The first-order chi connectivity index (χ1) is 5.75. The van der Waals surface area contributed by atoms with E-state index < -0.39 is 0 Å². The summed E-state index contributed by atoms with van der Waals surface area (Å²) in [5.41, 5.74) is 0. The smallest absolute Gasteiger partial charge is 0.283 e. The first-order valence-corrected chi connectivity index (χ1v) is 4.81. The highest BCUT2D eigenvalue weighted by Crippen LogP contribution is 2.39. The summed E-state index contributed by atoms with van der Waals surface area (Å²) in [5, 5.41) is 15.1. The number of thiol groups is 1. The highest BCUT2D eigenvalue weighted by Gasteiger charge is 2.29. The lowest BCUT2D eigenvalue weighted by Crippen LogP contribution is -1.76. The average Bonchev–Trinajstić information content (AvgIpc) is 2.73. The van der Waals surface area contributed by atoms with Crippen molar-refractivity contribution in [2.75, 3.05) is 0 Å². The van der Waals surface area contributed by atoms with E-state index in [0.717, 1.165) is 24.6 Å². The fourth-order valence-electron chi connectivity index (χ4n) is 0.840. The van der Waals surface area contributed by atoms with Gasteiger partial charge in [0.15, 0.2) is 0 Å². The van der Waals surface area contributed by atoms with Crippen LogP contribution < -0.4 is 0 Å². The summed E-state index contributed by atoms with van der Waals surface area (Å²) in [6.07, 6.45) is 2.29. The van der Waals surface area contributed by atoms with E-state index >= 15 is 0 Å². The van der Waals surface area contributed by atoms with Gasteiger partial charge in [0.05, 0.1) is 0 Å². The molecule has 0 spiro atoms. The molecule has 0 aliphatic heterocycles. The van der Waals surface area contributed by atoms with Crippen LogP contribution in [0.2, 0.25) is 0 Å². The number of hydrogen-bond donors (Lipinski definition) is 2. The highest BCUT2D eigenvalue weighted by atomic mass is 32.2. The molecule has 1 saturated carbocycles. The first kappa shape index (κ1) is 8.12. The minimum absolute atomic E-state index is 0.168. The molecule has 1 aliphatic carbocycles. The second-order valence-electron chi connectivity index (χ2n) is 2.59. The van der Waals surface area contributed by atoms with Crippen LogP contribution in [0, 0.1) is 5.41 Å². The monoisotopic (exact) mass is 201 g/mol. The van der Waals surface area contributed by atoms with Crippen molar-refractivity contribution in [3.63, 3.8) is 0 Å². The van der Waals surface area contributed by atoms with Gasteiger partial charge in [0.25, 0.3) is 5.22 Å². The fourth-order valence-corrected chi connectivity index (χ4v) is 1.45. The van der Waals surface area contributed by atoms with Gasteiger partial charge in [-0.3, -0.25) is 5.41 Å². The summed E-state index contributed by atoms with van der Waals surface area (Å²) in [7, 11) is 0. The number of thioether (sulfide) groups is 1. The molecule has 6 heteroatoms. The van der Waals surface area contributed by atoms with Crippen molar-refractivity contribution in [1.29, 1.82) is 5.41 Å². The van der Waals surface area contributed by atoms with Gasteiger partial charge in [0, 0.05) is 5.92 Å². The number of nitrogens with zero attached hydrogens (tertiary/aromatic N) is 2. The Morgan fingerprint density at radius 1 is 1.58 bits per heavy atom. The molecule has 12 heavy (non-hydrogen) atoms. The van der Waals surface area contributed by atoms with Crippen LogP contribution in [-0.4, -0.2) is 14.6 Å². The van der Waals surface area contributed by atoms with Crippen molar-refractivity contribution in [1.82, 2.24) is 10.2 Å². The molecule has 4 nitrogen and oxygen atoms in total. The molecule has 2 rings (SSSR count). The van der Waals surface area contributed by atoms with E-state index in [9.17, 15) is 0 Å². The molecule has 1 aromatic rings. The highest BCUT2D eigenvalue weighted by molar-refractivity contribution is 8.32. The molecule has 0 unspecified atom stereocenters. The molecule has 0 aromatic carbocycles. The largest absolute Gasteiger partial charge is 0.415 e. The number of aromatic nitrogens is 2. The van der Waals surface area contributed by atoms with Gasteiger partial charge in [-0.1, -0.05) is 0 Å². The lowest BCUT2D eigenvalue weighted by molar-refractivity contribution is 0.415. The maximum absolute atomic E-state index is 7.06. The van der Waals surface area contributed by atoms with Gasteiger partial charge < -0.3 is 4.42 Å². The zero-order valence-corrected chi connectivity index (χ0v) is 7.86. The van der Waals surface area contributed by atoms with E-state index in [1.807, 2.05) is 0 Å². The van der Waals surface area contributed by atoms with E-state index in [-0.39, 0.29) is 4.38 Å². The maximum Gasteiger partial charge on any atom is 0.283 e. The molecule has 0 saturated heterocycles. The third-order valence-corrected chi connectivity index (χ3v) is 2.34. The third-order valence-electron chi connectivity index (χ3n) is 1.53. The van der Waals surface area contributed by atoms with E-state index in [2.05, 4.69) is 22.8 Å².